The summed E-state index contributed by atoms with van der Waals surface area (Å²) in [5, 5.41) is 3.09. The quantitative estimate of drug-likeness (QED) is 0.746. The van der Waals surface area contributed by atoms with Crippen LogP contribution in [0.4, 0.5) is 0 Å². The van der Waals surface area contributed by atoms with E-state index in [1.54, 1.807) is 0 Å². The zero-order chi connectivity index (χ0) is 10.6. The van der Waals surface area contributed by atoms with E-state index in [1.165, 1.54) is 0 Å². The molecule has 0 saturated carbocycles. The molecule has 0 radical (unpaired) electrons. The minimum absolute atomic E-state index is 0.0859. The van der Waals surface area contributed by atoms with Crippen LogP contribution in [0.5, 0.6) is 0 Å². The van der Waals surface area contributed by atoms with Crippen LogP contribution in [0.1, 0.15) is 33.6 Å². The third-order valence-electron chi connectivity index (χ3n) is 2.87. The van der Waals surface area contributed by atoms with Gasteiger partial charge in [0.2, 0.25) is 5.91 Å². The standard InChI is InChI=1S/C11H21NO2/c1-4-10(8(2)3)12-11(13)9-5-6-14-7-9/h8-10H,4-7H2,1-3H3,(H,12,13). The van der Waals surface area contributed by atoms with Crippen LogP contribution in [0.3, 0.4) is 0 Å². The first-order valence-corrected chi connectivity index (χ1v) is 5.53. The summed E-state index contributed by atoms with van der Waals surface area (Å²) in [6.45, 7) is 7.71. The van der Waals surface area contributed by atoms with E-state index in [9.17, 15) is 4.79 Å². The molecule has 1 aliphatic rings. The third kappa shape index (κ3) is 2.98. The number of amides is 1. The Labute approximate surface area is 86.2 Å². The van der Waals surface area contributed by atoms with Crippen molar-refractivity contribution in [1.29, 1.82) is 0 Å². The molecule has 1 amide bonds. The lowest BCUT2D eigenvalue weighted by Crippen LogP contribution is -2.41. The van der Waals surface area contributed by atoms with Crippen LogP contribution in [-0.4, -0.2) is 25.2 Å². The average molecular weight is 199 g/mol. The van der Waals surface area contributed by atoms with Gasteiger partial charge in [-0.15, -0.1) is 0 Å². The zero-order valence-corrected chi connectivity index (χ0v) is 9.38. The SMILES string of the molecule is CCC(NC(=O)C1CCOC1)C(C)C. The number of nitrogens with one attached hydrogen (secondary N) is 1. The molecule has 1 saturated heterocycles. The summed E-state index contributed by atoms with van der Waals surface area (Å²) in [7, 11) is 0. The molecule has 0 aliphatic carbocycles. The number of carbonyl (C=O) groups is 1. The van der Waals surface area contributed by atoms with Gasteiger partial charge in [-0.3, -0.25) is 4.79 Å². The maximum Gasteiger partial charge on any atom is 0.225 e. The van der Waals surface area contributed by atoms with Crippen molar-refractivity contribution in [3.63, 3.8) is 0 Å². The summed E-state index contributed by atoms with van der Waals surface area (Å²) in [6, 6.07) is 0.308. The molecule has 2 unspecified atom stereocenters. The lowest BCUT2D eigenvalue weighted by molar-refractivity contribution is -0.126. The Kier molecular flexibility index (Phi) is 4.39. The van der Waals surface area contributed by atoms with E-state index in [0.717, 1.165) is 19.4 Å². The number of hydrogen-bond acceptors (Lipinski definition) is 2. The van der Waals surface area contributed by atoms with Crippen molar-refractivity contribution in [2.45, 2.75) is 39.7 Å². The van der Waals surface area contributed by atoms with E-state index in [4.69, 9.17) is 4.74 Å². The van der Waals surface area contributed by atoms with Crippen LogP contribution in [0.25, 0.3) is 0 Å². The first-order chi connectivity index (χ1) is 6.65. The smallest absolute Gasteiger partial charge is 0.225 e. The number of carbonyl (C=O) groups excluding carboxylic acids is 1. The fraction of sp³-hybridized carbons (Fsp3) is 0.909. The predicted molar refractivity (Wildman–Crippen MR) is 56.0 cm³/mol. The highest BCUT2D eigenvalue weighted by Gasteiger charge is 2.25. The highest BCUT2D eigenvalue weighted by atomic mass is 16.5. The molecule has 14 heavy (non-hydrogen) atoms. The Morgan fingerprint density at radius 1 is 1.57 bits per heavy atom. The number of hydrogen-bond donors (Lipinski definition) is 1. The van der Waals surface area contributed by atoms with Gasteiger partial charge < -0.3 is 10.1 Å². The maximum atomic E-state index is 11.7. The van der Waals surface area contributed by atoms with Gasteiger partial charge in [0.25, 0.3) is 0 Å². The second kappa shape index (κ2) is 5.35. The van der Waals surface area contributed by atoms with Crippen molar-refractivity contribution in [2.24, 2.45) is 11.8 Å². The minimum Gasteiger partial charge on any atom is -0.381 e. The maximum absolute atomic E-state index is 11.7. The molecule has 1 rings (SSSR count). The molecule has 1 N–H and O–H groups in total. The van der Waals surface area contributed by atoms with E-state index in [0.29, 0.717) is 18.6 Å². The van der Waals surface area contributed by atoms with E-state index in [2.05, 4.69) is 26.1 Å². The Morgan fingerprint density at radius 2 is 2.29 bits per heavy atom. The minimum atomic E-state index is 0.0859. The van der Waals surface area contributed by atoms with Gasteiger partial charge in [0.05, 0.1) is 12.5 Å². The molecule has 0 bridgehead atoms. The van der Waals surface area contributed by atoms with E-state index < -0.39 is 0 Å². The highest BCUT2D eigenvalue weighted by Crippen LogP contribution is 2.14. The molecule has 82 valence electrons. The number of rotatable bonds is 4. The first-order valence-electron chi connectivity index (χ1n) is 5.53. The molecule has 1 aliphatic heterocycles. The van der Waals surface area contributed by atoms with Gasteiger partial charge in [-0.1, -0.05) is 20.8 Å². The van der Waals surface area contributed by atoms with Crippen molar-refractivity contribution in [3.8, 4) is 0 Å². The molecule has 0 aromatic carbocycles. The summed E-state index contributed by atoms with van der Waals surface area (Å²) in [5.41, 5.74) is 0. The molecule has 0 spiro atoms. The molecule has 0 aromatic rings. The van der Waals surface area contributed by atoms with Crippen LogP contribution in [0.2, 0.25) is 0 Å². The predicted octanol–water partition coefficient (Wildman–Crippen LogP) is 1.57. The Balaban J connectivity index is 2.37. The summed E-state index contributed by atoms with van der Waals surface area (Å²) in [6.07, 6.45) is 1.87. The van der Waals surface area contributed by atoms with Gasteiger partial charge in [0.1, 0.15) is 0 Å². The van der Waals surface area contributed by atoms with Gasteiger partial charge in [-0.05, 0) is 18.8 Å². The molecule has 1 fully saturated rings. The summed E-state index contributed by atoms with van der Waals surface area (Å²) in [5.74, 6) is 0.761. The monoisotopic (exact) mass is 199 g/mol. The van der Waals surface area contributed by atoms with Crippen molar-refractivity contribution in [2.75, 3.05) is 13.2 Å². The topological polar surface area (TPSA) is 38.3 Å². The van der Waals surface area contributed by atoms with E-state index in [1.807, 2.05) is 0 Å². The van der Waals surface area contributed by atoms with Gasteiger partial charge in [0.15, 0.2) is 0 Å². The van der Waals surface area contributed by atoms with Crippen LogP contribution >= 0.6 is 0 Å². The second-order valence-corrected chi connectivity index (χ2v) is 4.33. The van der Waals surface area contributed by atoms with Crippen molar-refractivity contribution in [3.05, 3.63) is 0 Å². The molecule has 2 atom stereocenters. The Bertz CT molecular complexity index is 186. The lowest BCUT2D eigenvalue weighted by atomic mass is 10.00. The van der Waals surface area contributed by atoms with Crippen LogP contribution in [0.15, 0.2) is 0 Å². The van der Waals surface area contributed by atoms with E-state index in [-0.39, 0.29) is 11.8 Å². The zero-order valence-electron chi connectivity index (χ0n) is 9.38. The van der Waals surface area contributed by atoms with Crippen molar-refractivity contribution in [1.82, 2.24) is 5.32 Å². The third-order valence-corrected chi connectivity index (χ3v) is 2.87. The molecule has 1 heterocycles. The molecular weight excluding hydrogens is 178 g/mol. The van der Waals surface area contributed by atoms with Gasteiger partial charge in [0, 0.05) is 12.6 Å². The largest absolute Gasteiger partial charge is 0.381 e. The van der Waals surface area contributed by atoms with Gasteiger partial charge in [-0.25, -0.2) is 0 Å². The van der Waals surface area contributed by atoms with Crippen molar-refractivity contribution < 1.29 is 9.53 Å². The average Bonchev–Trinajstić information content (AvgIpc) is 2.65. The van der Waals surface area contributed by atoms with Crippen molar-refractivity contribution >= 4 is 5.91 Å². The number of ether oxygens (including phenoxy) is 1. The molecule has 3 heteroatoms. The molecule has 0 aromatic heterocycles. The second-order valence-electron chi connectivity index (χ2n) is 4.33. The highest BCUT2D eigenvalue weighted by molar-refractivity contribution is 5.79. The summed E-state index contributed by atoms with van der Waals surface area (Å²) < 4.78 is 5.19. The summed E-state index contributed by atoms with van der Waals surface area (Å²) in [4.78, 5) is 11.7. The van der Waals surface area contributed by atoms with Crippen LogP contribution in [-0.2, 0) is 9.53 Å². The van der Waals surface area contributed by atoms with Gasteiger partial charge >= 0.3 is 0 Å². The first kappa shape index (κ1) is 11.5. The lowest BCUT2D eigenvalue weighted by Gasteiger charge is -2.22. The Morgan fingerprint density at radius 3 is 2.71 bits per heavy atom. The van der Waals surface area contributed by atoms with Crippen LogP contribution in [0, 0.1) is 11.8 Å². The molecular formula is C11H21NO2. The normalized spacial score (nSPS) is 23.9. The van der Waals surface area contributed by atoms with E-state index >= 15 is 0 Å². The molecule has 3 nitrogen and oxygen atoms in total. The fourth-order valence-electron chi connectivity index (χ4n) is 1.78. The fourth-order valence-corrected chi connectivity index (χ4v) is 1.78. The Hall–Kier alpha value is -0.570. The van der Waals surface area contributed by atoms with Gasteiger partial charge in [-0.2, -0.15) is 0 Å². The van der Waals surface area contributed by atoms with Crippen LogP contribution < -0.4 is 5.32 Å². The summed E-state index contributed by atoms with van der Waals surface area (Å²) >= 11 is 0.